The van der Waals surface area contributed by atoms with Gasteiger partial charge in [-0.25, -0.2) is 0 Å². The predicted molar refractivity (Wildman–Crippen MR) is 10.9 cm³/mol. The number of hydrogen-bond donors (Lipinski definition) is 2. The number of rotatable bonds is 0. The SMILES string of the molecule is O=[Se](O)O.[Co].[Ni]. The first-order valence-corrected chi connectivity index (χ1v) is 2.76. The van der Waals surface area contributed by atoms with E-state index in [1.807, 2.05) is 0 Å². The zero-order chi connectivity index (χ0) is 3.58. The van der Waals surface area contributed by atoms with Crippen LogP contribution in [0, 0.1) is 0 Å². The molecule has 0 aliphatic carbocycles. The molecule has 0 atom stereocenters. The summed E-state index contributed by atoms with van der Waals surface area (Å²) in [4.78, 5) is 0. The third-order valence-electron chi connectivity index (χ3n) is 0. The largest absolute Gasteiger partial charge is 0 e. The van der Waals surface area contributed by atoms with E-state index in [9.17, 15) is 0 Å². The van der Waals surface area contributed by atoms with Crippen molar-refractivity contribution in [1.82, 2.24) is 0 Å². The molecule has 0 saturated heterocycles. The van der Waals surface area contributed by atoms with E-state index in [2.05, 4.69) is 0 Å². The van der Waals surface area contributed by atoms with Crippen LogP contribution in [0.5, 0.6) is 0 Å². The van der Waals surface area contributed by atoms with Crippen molar-refractivity contribution in [2.45, 2.75) is 0 Å². The van der Waals surface area contributed by atoms with Crippen molar-refractivity contribution in [3.05, 3.63) is 0 Å². The zero-order valence-electron chi connectivity index (χ0n) is 2.36. The Morgan fingerprint density at radius 3 is 1.33 bits per heavy atom. The van der Waals surface area contributed by atoms with Crippen LogP contribution < -0.4 is 0 Å². The van der Waals surface area contributed by atoms with Gasteiger partial charge in [0.05, 0.1) is 0 Å². The molecular weight excluding hydrogens is 245 g/mol. The van der Waals surface area contributed by atoms with E-state index in [0.717, 1.165) is 0 Å². The fourth-order valence-electron chi connectivity index (χ4n) is 0. The van der Waals surface area contributed by atoms with Gasteiger partial charge < -0.3 is 0 Å². The molecule has 0 heterocycles. The Kier molecular flexibility index (Phi) is 24.9. The zero-order valence-corrected chi connectivity index (χ0v) is 6.10. The van der Waals surface area contributed by atoms with Crippen LogP contribution in [0.2, 0.25) is 0 Å². The third-order valence-corrected chi connectivity index (χ3v) is 0. The molecule has 0 aliphatic rings. The van der Waals surface area contributed by atoms with Gasteiger partial charge in [-0.3, -0.25) is 0 Å². The molecule has 45 valence electrons. The van der Waals surface area contributed by atoms with Gasteiger partial charge in [-0.1, -0.05) is 0 Å². The maximum absolute atomic E-state index is 8.76. The molecular formula is H2CoNiO3Se. The average molecular weight is 247 g/mol. The summed E-state index contributed by atoms with van der Waals surface area (Å²) < 4.78 is 23.1. The van der Waals surface area contributed by atoms with Crippen molar-refractivity contribution in [1.29, 1.82) is 0 Å². The summed E-state index contributed by atoms with van der Waals surface area (Å²) in [5.41, 5.74) is 0. The van der Waals surface area contributed by atoms with Gasteiger partial charge >= 0.3 is 26.7 Å². The first-order valence-electron chi connectivity index (χ1n) is 0.532. The summed E-state index contributed by atoms with van der Waals surface area (Å²) in [5.74, 6) is 0. The third kappa shape index (κ3) is 61.3. The van der Waals surface area contributed by atoms with Gasteiger partial charge in [-0.15, -0.1) is 0 Å². The van der Waals surface area contributed by atoms with Gasteiger partial charge in [-0.2, -0.15) is 0 Å². The van der Waals surface area contributed by atoms with Crippen LogP contribution >= 0.6 is 0 Å². The van der Waals surface area contributed by atoms with E-state index in [4.69, 9.17) is 12.2 Å². The molecule has 0 spiro atoms. The van der Waals surface area contributed by atoms with E-state index in [-0.39, 0.29) is 33.3 Å². The summed E-state index contributed by atoms with van der Waals surface area (Å²) in [7, 11) is 0. The van der Waals surface area contributed by atoms with Crippen LogP contribution in [0.15, 0.2) is 0 Å². The van der Waals surface area contributed by atoms with Crippen LogP contribution in [0.3, 0.4) is 0 Å². The maximum atomic E-state index is 8.76. The molecule has 0 unspecified atom stereocenters. The summed E-state index contributed by atoms with van der Waals surface area (Å²) in [6.07, 6.45) is 0. The Balaban J connectivity index is -0.0000000450. The van der Waals surface area contributed by atoms with Crippen molar-refractivity contribution in [3.8, 4) is 0 Å². The second-order valence-corrected chi connectivity index (χ2v) is 1.20. The Bertz CT molecular complexity index is 33.8. The van der Waals surface area contributed by atoms with Crippen molar-refractivity contribution < 1.29 is 45.5 Å². The van der Waals surface area contributed by atoms with Crippen LogP contribution in [0.4, 0.5) is 0 Å². The predicted octanol–water partition coefficient (Wildman–Crippen LogP) is -1.62. The minimum atomic E-state index is -3.29. The monoisotopic (exact) mass is 247 g/mol. The molecule has 6 heavy (non-hydrogen) atoms. The molecule has 0 amide bonds. The molecule has 1 radical (unpaired) electrons. The van der Waals surface area contributed by atoms with Crippen molar-refractivity contribution in [2.24, 2.45) is 0 Å². The minimum absolute atomic E-state index is 0. The molecule has 0 rings (SSSR count). The Hall–Kier alpha value is 1.24. The van der Waals surface area contributed by atoms with E-state index >= 15 is 0 Å². The fraction of sp³-hybridized carbons (Fsp3) is 0. The average Bonchev–Trinajstić information content (AvgIpc) is 0.811. The molecule has 0 aromatic heterocycles. The maximum Gasteiger partial charge on any atom is 0 e. The molecule has 3 nitrogen and oxygen atoms in total. The first kappa shape index (κ1) is 15.7. The molecule has 0 saturated carbocycles. The standard InChI is InChI=1S/Co.Ni.H2O3Se/c;;1-4(2)3/h;;(H2,1,2,3). The van der Waals surface area contributed by atoms with Crippen LogP contribution in [0.1, 0.15) is 0 Å². The molecule has 0 bridgehead atoms. The van der Waals surface area contributed by atoms with Gasteiger partial charge in [0.25, 0.3) is 0 Å². The molecule has 0 fully saturated rings. The van der Waals surface area contributed by atoms with Gasteiger partial charge in [0.15, 0.2) is 0 Å². The summed E-state index contributed by atoms with van der Waals surface area (Å²) >= 11 is -3.29. The van der Waals surface area contributed by atoms with Crippen LogP contribution in [-0.4, -0.2) is 22.9 Å². The Morgan fingerprint density at radius 1 is 1.33 bits per heavy atom. The smallest absolute Gasteiger partial charge is 0 e. The molecule has 2 N–H and O–H groups in total. The molecule has 6 heteroatoms. The van der Waals surface area contributed by atoms with E-state index in [1.165, 1.54) is 0 Å². The van der Waals surface area contributed by atoms with E-state index in [0.29, 0.717) is 0 Å². The molecule has 0 aliphatic heterocycles. The first-order chi connectivity index (χ1) is 1.73. The van der Waals surface area contributed by atoms with Crippen molar-refractivity contribution in [3.63, 3.8) is 0 Å². The second-order valence-electron chi connectivity index (χ2n) is 0.231. The Labute approximate surface area is 60.0 Å². The van der Waals surface area contributed by atoms with Gasteiger partial charge in [0, 0.05) is 33.3 Å². The summed E-state index contributed by atoms with van der Waals surface area (Å²) in [6.45, 7) is 0. The molecule has 0 aromatic rings. The summed E-state index contributed by atoms with van der Waals surface area (Å²) in [6, 6.07) is 0. The van der Waals surface area contributed by atoms with Gasteiger partial charge in [-0.05, 0) is 0 Å². The quantitative estimate of drug-likeness (QED) is 0.505. The molecule has 0 aromatic carbocycles. The Morgan fingerprint density at radius 2 is 1.33 bits per heavy atom. The fourth-order valence-corrected chi connectivity index (χ4v) is 0. The minimum Gasteiger partial charge on any atom is 0 e. The summed E-state index contributed by atoms with van der Waals surface area (Å²) in [5, 5.41) is 0. The van der Waals surface area contributed by atoms with Gasteiger partial charge in [0.2, 0.25) is 0 Å². The topological polar surface area (TPSA) is 57.5 Å². The van der Waals surface area contributed by atoms with E-state index < -0.39 is 14.5 Å². The normalized spacial score (nSPS) is 5.83. The second kappa shape index (κ2) is 9.53. The van der Waals surface area contributed by atoms with Crippen LogP contribution in [-0.2, 0) is 37.1 Å². The van der Waals surface area contributed by atoms with Crippen LogP contribution in [0.25, 0.3) is 0 Å². The van der Waals surface area contributed by atoms with Crippen molar-refractivity contribution in [2.75, 3.05) is 0 Å². The van der Waals surface area contributed by atoms with Gasteiger partial charge in [0.1, 0.15) is 0 Å². The van der Waals surface area contributed by atoms with E-state index in [1.54, 1.807) is 0 Å². The number of hydrogen-bond acceptors (Lipinski definition) is 1. The van der Waals surface area contributed by atoms with Crippen molar-refractivity contribution >= 4 is 14.5 Å².